The van der Waals surface area contributed by atoms with Gasteiger partial charge in [0, 0.05) is 25.6 Å². The van der Waals surface area contributed by atoms with Crippen LogP contribution in [0.2, 0.25) is 0 Å². The number of hydrogen-bond acceptors (Lipinski definition) is 2. The van der Waals surface area contributed by atoms with Crippen molar-refractivity contribution in [3.63, 3.8) is 0 Å². The van der Waals surface area contributed by atoms with Crippen molar-refractivity contribution in [2.45, 2.75) is 58.0 Å². The first kappa shape index (κ1) is 11.9. The maximum atomic E-state index is 11.2. The van der Waals surface area contributed by atoms with Crippen LogP contribution in [-0.2, 0) is 4.79 Å². The molecule has 2 rings (SSSR count). The number of nitrogens with one attached hydrogen (secondary N) is 1. The normalized spacial score (nSPS) is 32.1. The molecule has 0 aromatic rings. The van der Waals surface area contributed by atoms with Crippen molar-refractivity contribution in [3.8, 4) is 0 Å². The first-order valence-corrected chi connectivity index (χ1v) is 6.72. The lowest BCUT2D eigenvalue weighted by Gasteiger charge is -2.46. The highest BCUT2D eigenvalue weighted by Crippen LogP contribution is 2.29. The Morgan fingerprint density at radius 1 is 1.25 bits per heavy atom. The van der Waals surface area contributed by atoms with E-state index in [2.05, 4.69) is 17.1 Å². The van der Waals surface area contributed by atoms with Gasteiger partial charge in [0.2, 0.25) is 5.91 Å². The largest absolute Gasteiger partial charge is 0.351 e. The standard InChI is InChI=1S/C13H24N2O/c1-3-13(16)14-11-8-15(9-11)12-6-4-10(2)5-7-12/h10-12H,3-9H2,1-2H3,(H,14,16). The number of hydrogen-bond donors (Lipinski definition) is 1. The second kappa shape index (κ2) is 5.17. The van der Waals surface area contributed by atoms with Crippen LogP contribution in [0.4, 0.5) is 0 Å². The first-order chi connectivity index (χ1) is 7.69. The van der Waals surface area contributed by atoms with Crippen LogP contribution in [0.25, 0.3) is 0 Å². The molecule has 1 amide bonds. The minimum Gasteiger partial charge on any atom is -0.351 e. The summed E-state index contributed by atoms with van der Waals surface area (Å²) in [7, 11) is 0. The second-order valence-electron chi connectivity index (χ2n) is 5.49. The van der Waals surface area contributed by atoms with Crippen molar-refractivity contribution in [1.82, 2.24) is 10.2 Å². The fraction of sp³-hybridized carbons (Fsp3) is 0.923. The lowest BCUT2D eigenvalue weighted by Crippen LogP contribution is -2.62. The summed E-state index contributed by atoms with van der Waals surface area (Å²) in [5.74, 6) is 1.12. The number of likely N-dealkylation sites (tertiary alicyclic amines) is 1. The van der Waals surface area contributed by atoms with E-state index in [4.69, 9.17) is 0 Å². The predicted octanol–water partition coefficient (Wildman–Crippen LogP) is 1.78. The van der Waals surface area contributed by atoms with E-state index in [1.54, 1.807) is 0 Å². The molecule has 0 radical (unpaired) electrons. The molecule has 0 atom stereocenters. The Hall–Kier alpha value is -0.570. The Bertz CT molecular complexity index is 240. The zero-order chi connectivity index (χ0) is 11.5. The molecule has 3 heteroatoms. The Morgan fingerprint density at radius 2 is 1.88 bits per heavy atom. The minimum absolute atomic E-state index is 0.196. The van der Waals surface area contributed by atoms with E-state index < -0.39 is 0 Å². The van der Waals surface area contributed by atoms with Gasteiger partial charge in [-0.05, 0) is 31.6 Å². The van der Waals surface area contributed by atoms with Crippen LogP contribution in [0, 0.1) is 5.92 Å². The molecule has 3 nitrogen and oxygen atoms in total. The average Bonchev–Trinajstić information content (AvgIpc) is 2.24. The molecule has 0 aromatic heterocycles. The Labute approximate surface area is 98.6 Å². The molecule has 0 spiro atoms. The van der Waals surface area contributed by atoms with E-state index in [1.807, 2.05) is 6.92 Å². The molecule has 1 saturated heterocycles. The van der Waals surface area contributed by atoms with E-state index >= 15 is 0 Å². The third kappa shape index (κ3) is 2.76. The molecule has 1 aliphatic carbocycles. The maximum absolute atomic E-state index is 11.2. The lowest BCUT2D eigenvalue weighted by atomic mass is 9.85. The summed E-state index contributed by atoms with van der Waals surface area (Å²) in [6.45, 7) is 6.42. The van der Waals surface area contributed by atoms with Gasteiger partial charge >= 0.3 is 0 Å². The predicted molar refractivity (Wildman–Crippen MR) is 65.2 cm³/mol. The van der Waals surface area contributed by atoms with Gasteiger partial charge in [-0.3, -0.25) is 9.69 Å². The van der Waals surface area contributed by atoms with Gasteiger partial charge in [-0.2, -0.15) is 0 Å². The number of nitrogens with zero attached hydrogens (tertiary/aromatic N) is 1. The molecule has 92 valence electrons. The summed E-state index contributed by atoms with van der Waals surface area (Å²) < 4.78 is 0. The molecule has 0 bridgehead atoms. The van der Waals surface area contributed by atoms with Gasteiger partial charge in [0.15, 0.2) is 0 Å². The van der Waals surface area contributed by atoms with Crippen LogP contribution in [0.3, 0.4) is 0 Å². The molecule has 2 fully saturated rings. The van der Waals surface area contributed by atoms with Gasteiger partial charge in [0.05, 0.1) is 6.04 Å². The number of carbonyl (C=O) groups is 1. The smallest absolute Gasteiger partial charge is 0.220 e. The van der Waals surface area contributed by atoms with E-state index in [0.717, 1.165) is 25.0 Å². The molecule has 1 N–H and O–H groups in total. The monoisotopic (exact) mass is 224 g/mol. The molecule has 16 heavy (non-hydrogen) atoms. The van der Waals surface area contributed by atoms with Crippen LogP contribution in [-0.4, -0.2) is 36.0 Å². The summed E-state index contributed by atoms with van der Waals surface area (Å²) in [5, 5.41) is 3.06. The number of rotatable bonds is 3. The average molecular weight is 224 g/mol. The Kier molecular flexibility index (Phi) is 3.85. The van der Waals surface area contributed by atoms with Crippen molar-refractivity contribution >= 4 is 5.91 Å². The van der Waals surface area contributed by atoms with Crippen molar-refractivity contribution in [1.29, 1.82) is 0 Å². The second-order valence-corrected chi connectivity index (χ2v) is 5.49. The van der Waals surface area contributed by atoms with Crippen LogP contribution in [0.1, 0.15) is 46.0 Å². The van der Waals surface area contributed by atoms with Crippen LogP contribution < -0.4 is 5.32 Å². The highest BCUT2D eigenvalue weighted by molar-refractivity contribution is 5.76. The third-order valence-corrected chi connectivity index (χ3v) is 4.10. The van der Waals surface area contributed by atoms with E-state index in [-0.39, 0.29) is 5.91 Å². The van der Waals surface area contributed by atoms with Crippen LogP contribution in [0.5, 0.6) is 0 Å². The van der Waals surface area contributed by atoms with Crippen molar-refractivity contribution in [2.75, 3.05) is 13.1 Å². The molecular weight excluding hydrogens is 200 g/mol. The lowest BCUT2D eigenvalue weighted by molar-refractivity contribution is -0.123. The van der Waals surface area contributed by atoms with Crippen molar-refractivity contribution < 1.29 is 4.79 Å². The molecule has 0 aromatic carbocycles. The van der Waals surface area contributed by atoms with E-state index in [0.29, 0.717) is 12.5 Å². The molecule has 0 unspecified atom stereocenters. The zero-order valence-corrected chi connectivity index (χ0v) is 10.5. The SMILES string of the molecule is CCC(=O)NC1CN(C2CCC(C)CC2)C1. The summed E-state index contributed by atoms with van der Waals surface area (Å²) in [4.78, 5) is 13.8. The summed E-state index contributed by atoms with van der Waals surface area (Å²) in [6, 6.07) is 1.22. The zero-order valence-electron chi connectivity index (χ0n) is 10.5. The quantitative estimate of drug-likeness (QED) is 0.792. The summed E-state index contributed by atoms with van der Waals surface area (Å²) in [5.41, 5.74) is 0. The van der Waals surface area contributed by atoms with Crippen molar-refractivity contribution in [2.24, 2.45) is 5.92 Å². The molecule has 1 aliphatic heterocycles. The fourth-order valence-corrected chi connectivity index (χ4v) is 2.84. The highest BCUT2D eigenvalue weighted by atomic mass is 16.1. The fourth-order valence-electron chi connectivity index (χ4n) is 2.84. The van der Waals surface area contributed by atoms with Crippen LogP contribution >= 0.6 is 0 Å². The maximum Gasteiger partial charge on any atom is 0.220 e. The Morgan fingerprint density at radius 3 is 2.44 bits per heavy atom. The first-order valence-electron chi connectivity index (χ1n) is 6.72. The third-order valence-electron chi connectivity index (χ3n) is 4.10. The van der Waals surface area contributed by atoms with E-state index in [1.165, 1.54) is 25.7 Å². The number of carbonyl (C=O) groups excluding carboxylic acids is 1. The molecule has 1 heterocycles. The van der Waals surface area contributed by atoms with Gasteiger partial charge in [-0.1, -0.05) is 13.8 Å². The topological polar surface area (TPSA) is 32.3 Å². The molecule has 2 aliphatic rings. The minimum atomic E-state index is 0.196. The Balaban J connectivity index is 1.66. The van der Waals surface area contributed by atoms with Crippen molar-refractivity contribution in [3.05, 3.63) is 0 Å². The number of amides is 1. The van der Waals surface area contributed by atoms with Crippen LogP contribution in [0.15, 0.2) is 0 Å². The summed E-state index contributed by atoms with van der Waals surface area (Å²) >= 11 is 0. The molecular formula is C13H24N2O. The van der Waals surface area contributed by atoms with Gasteiger partial charge in [-0.15, -0.1) is 0 Å². The molecule has 1 saturated carbocycles. The van der Waals surface area contributed by atoms with Gasteiger partial charge in [0.25, 0.3) is 0 Å². The van der Waals surface area contributed by atoms with Gasteiger partial charge in [-0.25, -0.2) is 0 Å². The summed E-state index contributed by atoms with van der Waals surface area (Å²) in [6.07, 6.45) is 6.09. The van der Waals surface area contributed by atoms with Gasteiger partial charge < -0.3 is 5.32 Å². The highest BCUT2D eigenvalue weighted by Gasteiger charge is 2.34. The van der Waals surface area contributed by atoms with E-state index in [9.17, 15) is 4.79 Å². The van der Waals surface area contributed by atoms with Gasteiger partial charge in [0.1, 0.15) is 0 Å².